The number of hydrogen-bond acceptors (Lipinski definition) is 2. The van der Waals surface area contributed by atoms with Crippen LogP contribution in [0.4, 0.5) is 0 Å². The predicted octanol–water partition coefficient (Wildman–Crippen LogP) is 12.6. The molecule has 0 saturated carbocycles. The molecule has 268 valence electrons. The Morgan fingerprint density at radius 1 is 0.456 bits per heavy atom. The summed E-state index contributed by atoms with van der Waals surface area (Å²) in [5.74, 6) is 1.92. The van der Waals surface area contributed by atoms with Gasteiger partial charge in [0.1, 0.15) is 17.0 Å². The molecule has 1 aliphatic carbocycles. The van der Waals surface area contributed by atoms with Crippen molar-refractivity contribution in [2.75, 3.05) is 0 Å². The lowest BCUT2D eigenvalue weighted by molar-refractivity contribution is 0.436. The van der Waals surface area contributed by atoms with Gasteiger partial charge in [-0.1, -0.05) is 158 Å². The average molecular weight is 730 g/mol. The smallest absolute Gasteiger partial charge is 0.154 e. The number of aromatic nitrogens is 1. The number of rotatable bonds is 4. The highest BCUT2D eigenvalue weighted by atomic mass is 16.5. The van der Waals surface area contributed by atoms with E-state index in [2.05, 4.69) is 151 Å². The van der Waals surface area contributed by atoms with E-state index in [1.54, 1.807) is 0 Å². The molecule has 2 N–H and O–H groups in total. The van der Waals surface area contributed by atoms with Crippen LogP contribution in [0.5, 0.6) is 11.5 Å². The van der Waals surface area contributed by atoms with Crippen LogP contribution in [-0.2, 0) is 5.41 Å². The van der Waals surface area contributed by atoms with Gasteiger partial charge < -0.3 is 9.72 Å². The molecule has 0 amide bonds. The zero-order valence-electron chi connectivity index (χ0n) is 30.9. The first-order chi connectivity index (χ1) is 28.2. The fourth-order valence-corrected chi connectivity index (χ4v) is 9.10. The highest BCUT2D eigenvalue weighted by Crippen LogP contribution is 2.63. The van der Waals surface area contributed by atoms with Gasteiger partial charge in [0, 0.05) is 28.5 Å². The first kappa shape index (κ1) is 32.8. The van der Waals surface area contributed by atoms with Crippen LogP contribution in [0, 0.1) is 5.41 Å². The molecule has 0 atom stereocenters. The van der Waals surface area contributed by atoms with Crippen molar-refractivity contribution in [1.29, 1.82) is 5.41 Å². The maximum Gasteiger partial charge on any atom is 0.154 e. The Morgan fingerprint density at radius 2 is 1.05 bits per heavy atom. The van der Waals surface area contributed by atoms with Gasteiger partial charge in [-0.25, -0.2) is 4.99 Å². The molecular formula is C53H35N3O. The van der Waals surface area contributed by atoms with E-state index in [9.17, 15) is 5.41 Å². The van der Waals surface area contributed by atoms with Gasteiger partial charge in [0.15, 0.2) is 5.84 Å². The zero-order valence-corrected chi connectivity index (χ0v) is 30.9. The van der Waals surface area contributed by atoms with Gasteiger partial charge in [-0.2, -0.15) is 0 Å². The molecule has 2 heterocycles. The molecule has 1 aliphatic heterocycles. The van der Waals surface area contributed by atoms with Gasteiger partial charge in [0.05, 0.1) is 5.41 Å². The summed E-state index contributed by atoms with van der Waals surface area (Å²) in [4.78, 5) is 8.39. The van der Waals surface area contributed by atoms with Crippen molar-refractivity contribution in [2.45, 2.75) is 5.41 Å². The monoisotopic (exact) mass is 729 g/mol. The van der Waals surface area contributed by atoms with Crippen LogP contribution < -0.4 is 10.2 Å². The van der Waals surface area contributed by atoms with Crippen molar-refractivity contribution in [3.63, 3.8) is 0 Å². The lowest BCUT2D eigenvalue weighted by Gasteiger charge is -2.39. The van der Waals surface area contributed by atoms with Crippen LogP contribution >= 0.6 is 0 Å². The number of nitrogens with one attached hydrogen (secondary N) is 2. The van der Waals surface area contributed by atoms with Crippen LogP contribution in [0.3, 0.4) is 0 Å². The number of H-pyrrole nitrogens is 1. The number of ether oxygens (including phenoxy) is 1. The summed E-state index contributed by atoms with van der Waals surface area (Å²) in [5.41, 5.74) is 14.2. The third-order valence-electron chi connectivity index (χ3n) is 11.6. The minimum Gasteiger partial charge on any atom is -0.457 e. The van der Waals surface area contributed by atoms with Crippen LogP contribution in [-0.4, -0.2) is 10.8 Å². The molecule has 4 heteroatoms. The second-order valence-electron chi connectivity index (χ2n) is 14.7. The van der Waals surface area contributed by atoms with E-state index in [1.165, 1.54) is 33.0 Å². The second-order valence-corrected chi connectivity index (χ2v) is 14.7. The number of amidine groups is 1. The first-order valence-corrected chi connectivity index (χ1v) is 19.3. The Balaban J connectivity index is 1.10. The molecule has 1 spiro atoms. The van der Waals surface area contributed by atoms with E-state index in [0.717, 1.165) is 61.6 Å². The summed E-state index contributed by atoms with van der Waals surface area (Å²) in [6, 6.07) is 68.1. The normalized spacial score (nSPS) is 13.4. The van der Waals surface area contributed by atoms with Crippen molar-refractivity contribution in [2.24, 2.45) is 4.99 Å². The number of fused-ring (bicyclic) bond motifs is 10. The van der Waals surface area contributed by atoms with Crippen molar-refractivity contribution >= 4 is 16.6 Å². The quantitative estimate of drug-likeness (QED) is 0.137. The summed E-state index contributed by atoms with van der Waals surface area (Å²) >= 11 is 0. The Hall–Kier alpha value is -7.56. The molecule has 57 heavy (non-hydrogen) atoms. The van der Waals surface area contributed by atoms with Crippen molar-refractivity contribution in [3.05, 3.63) is 234 Å². The van der Waals surface area contributed by atoms with Gasteiger partial charge in [-0.15, -0.1) is 0 Å². The lowest BCUT2D eigenvalue weighted by Crippen LogP contribution is -2.32. The number of hydrogen-bond donors (Lipinski definition) is 2. The number of para-hydroxylation sites is 2. The first-order valence-electron chi connectivity index (χ1n) is 19.3. The topological polar surface area (TPSA) is 61.2 Å². The Morgan fingerprint density at radius 3 is 1.79 bits per heavy atom. The predicted molar refractivity (Wildman–Crippen MR) is 231 cm³/mol. The van der Waals surface area contributed by atoms with Crippen molar-refractivity contribution < 1.29 is 4.74 Å². The van der Waals surface area contributed by atoms with Crippen LogP contribution in [0.2, 0.25) is 0 Å². The molecule has 9 aromatic rings. The minimum atomic E-state index is -0.592. The highest BCUT2D eigenvalue weighted by molar-refractivity contribution is 6.03. The van der Waals surface area contributed by atoms with E-state index >= 15 is 0 Å². The van der Waals surface area contributed by atoms with Crippen LogP contribution in [0.1, 0.15) is 27.8 Å². The van der Waals surface area contributed by atoms with Gasteiger partial charge in [0.2, 0.25) is 0 Å². The van der Waals surface area contributed by atoms with E-state index < -0.39 is 5.41 Å². The minimum absolute atomic E-state index is 0.181. The molecule has 11 rings (SSSR count). The van der Waals surface area contributed by atoms with E-state index in [-0.39, 0.29) is 5.84 Å². The Labute approximate surface area is 330 Å². The summed E-state index contributed by atoms with van der Waals surface area (Å²) < 4.78 is 6.62. The largest absolute Gasteiger partial charge is 0.457 e. The molecule has 0 fully saturated rings. The van der Waals surface area contributed by atoms with Gasteiger partial charge >= 0.3 is 0 Å². The third-order valence-corrected chi connectivity index (χ3v) is 11.6. The summed E-state index contributed by atoms with van der Waals surface area (Å²) in [5, 5.41) is 11.8. The van der Waals surface area contributed by atoms with E-state index in [1.807, 2.05) is 54.7 Å². The fourth-order valence-electron chi connectivity index (χ4n) is 9.10. The summed E-state index contributed by atoms with van der Waals surface area (Å²) in [6.45, 7) is 0. The summed E-state index contributed by atoms with van der Waals surface area (Å²) in [7, 11) is 0. The number of aromatic amines is 1. The fraction of sp³-hybridized carbons (Fsp3) is 0.0189. The summed E-state index contributed by atoms with van der Waals surface area (Å²) in [6.07, 6.45) is 1.97. The SMILES string of the molecule is N=C(N=c1[nH]cc(-c2ccccc2)cc1-c1ccccc1)c1cccc(-c2cccc3c2-c2cc4ccccc4cc2C32c3ccccc3Oc3ccccc32)c1. The number of pyridine rings is 1. The number of nitrogens with zero attached hydrogens (tertiary/aromatic N) is 1. The molecule has 0 radical (unpaired) electrons. The Kier molecular flexibility index (Phi) is 7.51. The number of benzene rings is 8. The van der Waals surface area contributed by atoms with Gasteiger partial charge in [0.25, 0.3) is 0 Å². The van der Waals surface area contributed by atoms with Crippen molar-refractivity contribution in [3.8, 4) is 56.0 Å². The van der Waals surface area contributed by atoms with Gasteiger partial charge in [-0.3, -0.25) is 5.41 Å². The molecule has 0 bridgehead atoms. The van der Waals surface area contributed by atoms with Crippen molar-refractivity contribution in [1.82, 2.24) is 4.98 Å². The van der Waals surface area contributed by atoms with Crippen LogP contribution in [0.15, 0.2) is 205 Å². The molecule has 0 unspecified atom stereocenters. The maximum absolute atomic E-state index is 9.38. The molecule has 1 aromatic heterocycles. The Bertz CT molecular complexity index is 3080. The molecule has 2 aliphatic rings. The zero-order chi connectivity index (χ0) is 37.9. The van der Waals surface area contributed by atoms with E-state index in [0.29, 0.717) is 5.49 Å². The van der Waals surface area contributed by atoms with Gasteiger partial charge in [-0.05, 0) is 97.2 Å². The molecular weight excluding hydrogens is 695 g/mol. The highest BCUT2D eigenvalue weighted by Gasteiger charge is 2.51. The van der Waals surface area contributed by atoms with E-state index in [4.69, 9.17) is 9.73 Å². The van der Waals surface area contributed by atoms with Crippen LogP contribution in [0.25, 0.3) is 55.3 Å². The molecule has 0 saturated heterocycles. The molecule has 8 aromatic carbocycles. The second kappa shape index (κ2) is 13.0. The third kappa shape index (κ3) is 5.15. The molecule has 4 nitrogen and oxygen atoms in total. The lowest BCUT2D eigenvalue weighted by atomic mass is 9.66. The standard InChI is InChI=1S/C53H35N3O/c54-51(56-52-42(35-17-5-2-6-18-35)31-40(33-55-52)34-15-3-1-4-16-34)39-22-13-21-38(29-39)41-23-14-26-46-50(41)43-30-36-19-7-8-20-37(36)32-47(43)53(46)44-24-9-11-27-48(44)57-49-28-12-10-25-45(49)53/h1-33H,(H2,54,55,56). The maximum atomic E-state index is 9.38. The average Bonchev–Trinajstić information content (AvgIpc) is 3.56.